The lowest BCUT2D eigenvalue weighted by Crippen LogP contribution is -2.13. The Morgan fingerprint density at radius 2 is 1.85 bits per heavy atom. The molecule has 6 heteroatoms. The number of anilines is 1. The van der Waals surface area contributed by atoms with Gasteiger partial charge in [-0.05, 0) is 56.3 Å². The molecule has 2 N–H and O–H groups in total. The molecule has 0 heterocycles. The normalized spacial score (nSPS) is 10.7. The largest absolute Gasteiger partial charge is 0.508 e. The van der Waals surface area contributed by atoms with Crippen molar-refractivity contribution in [3.63, 3.8) is 0 Å². The molecule has 0 radical (unpaired) electrons. The van der Waals surface area contributed by atoms with Crippen LogP contribution in [0.15, 0.2) is 48.0 Å². The highest BCUT2D eigenvalue weighted by Gasteiger charge is 2.12. The van der Waals surface area contributed by atoms with Crippen molar-refractivity contribution < 1.29 is 19.4 Å². The first-order valence-corrected chi connectivity index (χ1v) is 8.19. The van der Waals surface area contributed by atoms with Crippen LogP contribution in [0.4, 0.5) is 5.69 Å². The van der Waals surface area contributed by atoms with Crippen LogP contribution in [0.25, 0.3) is 6.08 Å². The summed E-state index contributed by atoms with van der Waals surface area (Å²) in [5.74, 6) is 0.730. The van der Waals surface area contributed by atoms with Crippen molar-refractivity contribution in [3.8, 4) is 23.3 Å². The molecule has 2 aromatic rings. The smallest absolute Gasteiger partial charge is 0.266 e. The highest BCUT2D eigenvalue weighted by molar-refractivity contribution is 6.09. The third-order valence-corrected chi connectivity index (χ3v) is 3.39. The molecule has 0 aliphatic rings. The van der Waals surface area contributed by atoms with E-state index in [1.54, 1.807) is 30.3 Å². The standard InChI is InChI=1S/C20H20N2O4/c1-3-25-18-10-5-14(19(12-18)26-4-2)11-15(13-21)20(24)22-16-6-8-17(23)9-7-16/h5-12,23H,3-4H2,1-2H3,(H,22,24)/b15-11+. The fourth-order valence-corrected chi connectivity index (χ4v) is 2.22. The molecule has 0 saturated carbocycles. The molecule has 1 amide bonds. The lowest BCUT2D eigenvalue weighted by Gasteiger charge is -2.11. The van der Waals surface area contributed by atoms with Crippen molar-refractivity contribution in [1.82, 2.24) is 0 Å². The highest BCUT2D eigenvalue weighted by atomic mass is 16.5. The number of phenols is 1. The molecule has 0 fully saturated rings. The zero-order valence-electron chi connectivity index (χ0n) is 14.7. The molecule has 6 nitrogen and oxygen atoms in total. The van der Waals surface area contributed by atoms with Crippen LogP contribution in [0.3, 0.4) is 0 Å². The monoisotopic (exact) mass is 352 g/mol. The van der Waals surface area contributed by atoms with E-state index in [1.807, 2.05) is 19.9 Å². The van der Waals surface area contributed by atoms with E-state index in [1.165, 1.54) is 18.2 Å². The fourth-order valence-electron chi connectivity index (χ4n) is 2.22. The minimum absolute atomic E-state index is 0.0665. The first-order valence-electron chi connectivity index (χ1n) is 8.19. The van der Waals surface area contributed by atoms with E-state index in [-0.39, 0.29) is 11.3 Å². The predicted octanol–water partition coefficient (Wildman–Crippen LogP) is 3.74. The maximum atomic E-state index is 12.3. The molecule has 0 aliphatic heterocycles. The second-order valence-electron chi connectivity index (χ2n) is 5.24. The zero-order valence-corrected chi connectivity index (χ0v) is 14.7. The Hall–Kier alpha value is -3.46. The number of aromatic hydroxyl groups is 1. The second-order valence-corrected chi connectivity index (χ2v) is 5.24. The van der Waals surface area contributed by atoms with Crippen LogP contribution in [0.1, 0.15) is 19.4 Å². The number of nitriles is 1. The summed E-state index contributed by atoms with van der Waals surface area (Å²) in [7, 11) is 0. The average Bonchev–Trinajstić information content (AvgIpc) is 2.63. The number of nitrogens with one attached hydrogen (secondary N) is 1. The van der Waals surface area contributed by atoms with Crippen molar-refractivity contribution in [2.45, 2.75) is 13.8 Å². The summed E-state index contributed by atoms with van der Waals surface area (Å²) in [5, 5.41) is 21.3. The molecule has 0 aromatic heterocycles. The molecular formula is C20H20N2O4. The Kier molecular flexibility index (Phi) is 6.63. The summed E-state index contributed by atoms with van der Waals surface area (Å²) in [4.78, 5) is 12.3. The molecule has 26 heavy (non-hydrogen) atoms. The molecule has 0 bridgehead atoms. The Bertz CT molecular complexity index is 836. The molecule has 0 saturated heterocycles. The van der Waals surface area contributed by atoms with Crippen LogP contribution in [-0.2, 0) is 4.79 Å². The van der Waals surface area contributed by atoms with Crippen LogP contribution in [0, 0.1) is 11.3 Å². The van der Waals surface area contributed by atoms with Gasteiger partial charge in [-0.25, -0.2) is 0 Å². The van der Waals surface area contributed by atoms with Gasteiger partial charge in [0, 0.05) is 17.3 Å². The lowest BCUT2D eigenvalue weighted by atomic mass is 10.1. The minimum atomic E-state index is -0.547. The number of carbonyl (C=O) groups is 1. The summed E-state index contributed by atoms with van der Waals surface area (Å²) in [6.45, 7) is 4.70. The van der Waals surface area contributed by atoms with Gasteiger partial charge in [0.25, 0.3) is 5.91 Å². The number of benzene rings is 2. The first kappa shape index (κ1) is 18.9. The van der Waals surface area contributed by atoms with Crippen LogP contribution in [0.2, 0.25) is 0 Å². The number of hydrogen-bond donors (Lipinski definition) is 2. The summed E-state index contributed by atoms with van der Waals surface area (Å²) in [5.41, 5.74) is 1.02. The summed E-state index contributed by atoms with van der Waals surface area (Å²) >= 11 is 0. The molecule has 134 valence electrons. The fraction of sp³-hybridized carbons (Fsp3) is 0.200. The molecule has 2 aromatic carbocycles. The average molecular weight is 352 g/mol. The highest BCUT2D eigenvalue weighted by Crippen LogP contribution is 2.27. The van der Waals surface area contributed by atoms with Gasteiger partial charge in [-0.3, -0.25) is 4.79 Å². The number of hydrogen-bond acceptors (Lipinski definition) is 5. The number of ether oxygens (including phenoxy) is 2. The van der Waals surface area contributed by atoms with Gasteiger partial charge in [0.2, 0.25) is 0 Å². The van der Waals surface area contributed by atoms with Gasteiger partial charge in [0.05, 0.1) is 13.2 Å². The van der Waals surface area contributed by atoms with E-state index in [9.17, 15) is 15.2 Å². The Labute approximate surface area is 152 Å². The quantitative estimate of drug-likeness (QED) is 0.450. The number of phenolic OH excluding ortho intramolecular Hbond substituents is 1. The Morgan fingerprint density at radius 1 is 1.15 bits per heavy atom. The second kappa shape index (κ2) is 9.14. The lowest BCUT2D eigenvalue weighted by molar-refractivity contribution is -0.112. The minimum Gasteiger partial charge on any atom is -0.508 e. The maximum absolute atomic E-state index is 12.3. The number of carbonyl (C=O) groups excluding carboxylic acids is 1. The van der Waals surface area contributed by atoms with Crippen LogP contribution >= 0.6 is 0 Å². The van der Waals surface area contributed by atoms with Gasteiger partial charge >= 0.3 is 0 Å². The zero-order chi connectivity index (χ0) is 18.9. The van der Waals surface area contributed by atoms with Crippen LogP contribution in [0.5, 0.6) is 17.2 Å². The van der Waals surface area contributed by atoms with Crippen LogP contribution in [-0.4, -0.2) is 24.2 Å². The summed E-state index contributed by atoms with van der Waals surface area (Å²) in [6.07, 6.45) is 1.47. The van der Waals surface area contributed by atoms with Crippen molar-refractivity contribution in [2.24, 2.45) is 0 Å². The van der Waals surface area contributed by atoms with Gasteiger partial charge in [0.1, 0.15) is 28.9 Å². The van der Waals surface area contributed by atoms with E-state index in [0.29, 0.717) is 36.0 Å². The maximum Gasteiger partial charge on any atom is 0.266 e. The van der Waals surface area contributed by atoms with Gasteiger partial charge < -0.3 is 19.9 Å². The molecule has 2 rings (SSSR count). The molecular weight excluding hydrogens is 332 g/mol. The van der Waals surface area contributed by atoms with E-state index in [4.69, 9.17) is 9.47 Å². The first-order chi connectivity index (χ1) is 12.6. The van der Waals surface area contributed by atoms with E-state index in [2.05, 4.69) is 5.32 Å². The summed E-state index contributed by atoms with van der Waals surface area (Å²) in [6, 6.07) is 13.1. The number of rotatable bonds is 7. The topological polar surface area (TPSA) is 91.6 Å². The molecule has 0 spiro atoms. The SMILES string of the molecule is CCOc1ccc(/C=C(\C#N)C(=O)Nc2ccc(O)cc2)c(OCC)c1. The van der Waals surface area contributed by atoms with Gasteiger partial charge in [0.15, 0.2) is 0 Å². The number of amides is 1. The molecule has 0 aliphatic carbocycles. The van der Waals surface area contributed by atoms with Crippen molar-refractivity contribution >= 4 is 17.7 Å². The van der Waals surface area contributed by atoms with E-state index >= 15 is 0 Å². The van der Waals surface area contributed by atoms with Gasteiger partial charge in [-0.1, -0.05) is 0 Å². The van der Waals surface area contributed by atoms with E-state index in [0.717, 1.165) is 0 Å². The van der Waals surface area contributed by atoms with Crippen LogP contribution < -0.4 is 14.8 Å². The van der Waals surface area contributed by atoms with E-state index < -0.39 is 5.91 Å². The van der Waals surface area contributed by atoms with Crippen molar-refractivity contribution in [3.05, 3.63) is 53.6 Å². The number of nitrogens with zero attached hydrogens (tertiary/aromatic N) is 1. The third kappa shape index (κ3) is 5.02. The molecule has 0 unspecified atom stereocenters. The van der Waals surface area contributed by atoms with Crippen molar-refractivity contribution in [2.75, 3.05) is 18.5 Å². The van der Waals surface area contributed by atoms with Crippen molar-refractivity contribution in [1.29, 1.82) is 5.26 Å². The Morgan fingerprint density at radius 3 is 2.46 bits per heavy atom. The third-order valence-electron chi connectivity index (χ3n) is 3.39. The molecule has 0 atom stereocenters. The van der Waals surface area contributed by atoms with Gasteiger partial charge in [-0.15, -0.1) is 0 Å². The predicted molar refractivity (Wildman–Crippen MR) is 99.1 cm³/mol. The Balaban J connectivity index is 2.27. The van der Waals surface area contributed by atoms with Gasteiger partial charge in [-0.2, -0.15) is 5.26 Å². The summed E-state index contributed by atoms with van der Waals surface area (Å²) < 4.78 is 11.0.